The van der Waals surface area contributed by atoms with Gasteiger partial charge in [0.05, 0.1) is 17.4 Å². The molecule has 0 saturated carbocycles. The molecule has 0 bridgehead atoms. The molecule has 140 valence electrons. The van der Waals surface area contributed by atoms with Crippen molar-refractivity contribution in [2.24, 2.45) is 25.6 Å². The third-order valence-electron chi connectivity index (χ3n) is 5.02. The monoisotopic (exact) mass is 374 g/mol. The molecule has 2 aliphatic rings. The van der Waals surface area contributed by atoms with E-state index in [1.165, 1.54) is 0 Å². The first-order valence-corrected chi connectivity index (χ1v) is 9.84. The number of hydrogen-bond acceptors (Lipinski definition) is 7. The van der Waals surface area contributed by atoms with E-state index in [2.05, 4.69) is 20.0 Å². The molecule has 4 rings (SSSR count). The zero-order chi connectivity index (χ0) is 18.3. The average Bonchev–Trinajstić information content (AvgIpc) is 3.25. The number of anilines is 2. The van der Waals surface area contributed by atoms with Crippen LogP contribution in [-0.2, 0) is 14.1 Å². The minimum absolute atomic E-state index is 0.0703. The zero-order valence-corrected chi connectivity index (χ0v) is 16.1. The molecule has 26 heavy (non-hydrogen) atoms. The molecule has 2 aliphatic heterocycles. The first-order valence-electron chi connectivity index (χ1n) is 8.96. The Balaban J connectivity index is 1.68. The van der Waals surface area contributed by atoms with Crippen LogP contribution >= 0.6 is 11.8 Å². The highest BCUT2D eigenvalue weighted by atomic mass is 32.2. The van der Waals surface area contributed by atoms with Crippen LogP contribution < -0.4 is 21.3 Å². The lowest BCUT2D eigenvalue weighted by Gasteiger charge is -2.29. The fraction of sp³-hybridized carbons (Fsp3) is 0.529. The zero-order valence-electron chi connectivity index (χ0n) is 15.2. The largest absolute Gasteiger partial charge is 0.392 e. The van der Waals surface area contributed by atoms with E-state index in [-0.39, 0.29) is 11.4 Å². The molecule has 0 amide bonds. The van der Waals surface area contributed by atoms with Crippen molar-refractivity contribution in [3.63, 3.8) is 0 Å². The molecule has 1 unspecified atom stereocenters. The Morgan fingerprint density at radius 3 is 2.77 bits per heavy atom. The SMILES string of the molecule is Cn1cc(C2SC(N)=CN2c2cnn(C)c2N2CCC[C@H](N)CC2)cn1. The van der Waals surface area contributed by atoms with Crippen LogP contribution in [0, 0.1) is 0 Å². The topological polar surface area (TPSA) is 94.2 Å². The van der Waals surface area contributed by atoms with E-state index in [0.717, 1.165) is 54.4 Å². The van der Waals surface area contributed by atoms with Crippen LogP contribution in [0.2, 0.25) is 0 Å². The van der Waals surface area contributed by atoms with Crippen LogP contribution in [0.1, 0.15) is 30.2 Å². The number of rotatable bonds is 3. The van der Waals surface area contributed by atoms with Crippen LogP contribution in [0.15, 0.2) is 29.8 Å². The number of thioether (sulfide) groups is 1. The van der Waals surface area contributed by atoms with Gasteiger partial charge in [0.1, 0.15) is 11.1 Å². The molecule has 0 aliphatic carbocycles. The van der Waals surface area contributed by atoms with Crippen molar-refractivity contribution in [2.75, 3.05) is 22.9 Å². The molecule has 8 nitrogen and oxygen atoms in total. The van der Waals surface area contributed by atoms with Crippen molar-refractivity contribution in [1.82, 2.24) is 19.6 Å². The van der Waals surface area contributed by atoms with Gasteiger partial charge in [-0.3, -0.25) is 9.36 Å². The number of aryl methyl sites for hydroxylation is 2. The summed E-state index contributed by atoms with van der Waals surface area (Å²) in [5, 5.41) is 9.73. The lowest BCUT2D eigenvalue weighted by molar-refractivity contribution is 0.601. The molecule has 4 N–H and O–H groups in total. The second-order valence-electron chi connectivity index (χ2n) is 7.01. The van der Waals surface area contributed by atoms with E-state index in [0.29, 0.717) is 0 Å². The Morgan fingerprint density at radius 1 is 1.15 bits per heavy atom. The maximum atomic E-state index is 6.17. The molecule has 0 aromatic carbocycles. The summed E-state index contributed by atoms with van der Waals surface area (Å²) in [6, 6.07) is 0.290. The van der Waals surface area contributed by atoms with Gasteiger partial charge in [0.15, 0.2) is 5.82 Å². The highest BCUT2D eigenvalue weighted by Gasteiger charge is 2.32. The summed E-state index contributed by atoms with van der Waals surface area (Å²) in [7, 11) is 3.93. The quantitative estimate of drug-likeness (QED) is 0.840. The maximum absolute atomic E-state index is 6.17. The van der Waals surface area contributed by atoms with Gasteiger partial charge in [-0.25, -0.2) is 0 Å². The van der Waals surface area contributed by atoms with Gasteiger partial charge in [-0.15, -0.1) is 0 Å². The number of nitrogens with two attached hydrogens (primary N) is 2. The summed E-state index contributed by atoms with van der Waals surface area (Å²) in [6.07, 6.45) is 11.1. The first-order chi connectivity index (χ1) is 12.5. The lowest BCUT2D eigenvalue weighted by Crippen LogP contribution is -2.30. The summed E-state index contributed by atoms with van der Waals surface area (Å²) < 4.78 is 3.78. The second kappa shape index (κ2) is 6.88. The molecular formula is C17H26N8S. The fourth-order valence-corrected chi connectivity index (χ4v) is 4.69. The standard InChI is InChI=1S/C17H26N8S/c1-22-10-12(8-20-22)17-25(11-15(19)26-17)14-9-21-23(2)16(14)24-6-3-4-13(18)5-7-24/h8-11,13,17H,3-7,18-19H2,1-2H3/t13-,17?/m0/s1. The summed E-state index contributed by atoms with van der Waals surface area (Å²) in [4.78, 5) is 4.62. The highest BCUT2D eigenvalue weighted by Crippen LogP contribution is 2.46. The molecule has 2 aromatic rings. The molecule has 2 aromatic heterocycles. The third-order valence-corrected chi connectivity index (χ3v) is 6.12. The van der Waals surface area contributed by atoms with Crippen LogP contribution in [0.3, 0.4) is 0 Å². The minimum atomic E-state index is 0.0703. The normalized spacial score (nSPS) is 24.0. The molecule has 1 saturated heterocycles. The molecule has 0 spiro atoms. The van der Waals surface area contributed by atoms with E-state index in [1.54, 1.807) is 11.8 Å². The Labute approximate surface area is 157 Å². The molecular weight excluding hydrogens is 348 g/mol. The van der Waals surface area contributed by atoms with E-state index in [9.17, 15) is 0 Å². The number of nitrogens with zero attached hydrogens (tertiary/aromatic N) is 6. The minimum Gasteiger partial charge on any atom is -0.392 e. The summed E-state index contributed by atoms with van der Waals surface area (Å²) >= 11 is 1.64. The second-order valence-corrected chi connectivity index (χ2v) is 8.16. The molecule has 2 atom stereocenters. The van der Waals surface area contributed by atoms with Gasteiger partial charge in [-0.1, -0.05) is 11.8 Å². The first kappa shape index (κ1) is 17.3. The van der Waals surface area contributed by atoms with Gasteiger partial charge >= 0.3 is 0 Å². The summed E-state index contributed by atoms with van der Waals surface area (Å²) in [6.45, 7) is 1.95. The van der Waals surface area contributed by atoms with Gasteiger partial charge in [0, 0.05) is 51.2 Å². The molecule has 9 heteroatoms. The summed E-state index contributed by atoms with van der Waals surface area (Å²) in [5.74, 6) is 1.12. The molecule has 1 fully saturated rings. The van der Waals surface area contributed by atoms with Gasteiger partial charge in [0.25, 0.3) is 0 Å². The van der Waals surface area contributed by atoms with Crippen molar-refractivity contribution < 1.29 is 0 Å². The van der Waals surface area contributed by atoms with Gasteiger partial charge in [-0.2, -0.15) is 10.2 Å². The van der Waals surface area contributed by atoms with E-state index in [1.807, 2.05) is 48.2 Å². The fourth-order valence-electron chi connectivity index (χ4n) is 3.72. The van der Waals surface area contributed by atoms with Gasteiger partial charge in [-0.05, 0) is 19.3 Å². The lowest BCUT2D eigenvalue weighted by atomic mass is 10.1. The van der Waals surface area contributed by atoms with Crippen LogP contribution in [0.5, 0.6) is 0 Å². The Bertz CT molecular complexity index is 810. The average molecular weight is 375 g/mol. The third kappa shape index (κ3) is 3.16. The predicted molar refractivity (Wildman–Crippen MR) is 106 cm³/mol. The van der Waals surface area contributed by atoms with Crippen molar-refractivity contribution in [3.8, 4) is 0 Å². The highest BCUT2D eigenvalue weighted by molar-refractivity contribution is 8.03. The number of hydrogen-bond donors (Lipinski definition) is 2. The Morgan fingerprint density at radius 2 is 2.00 bits per heavy atom. The predicted octanol–water partition coefficient (Wildman–Crippen LogP) is 1.48. The van der Waals surface area contributed by atoms with Gasteiger partial charge < -0.3 is 21.3 Å². The van der Waals surface area contributed by atoms with Crippen LogP contribution in [0.4, 0.5) is 11.5 Å². The molecule has 4 heterocycles. The van der Waals surface area contributed by atoms with Crippen LogP contribution in [-0.4, -0.2) is 38.7 Å². The van der Waals surface area contributed by atoms with Gasteiger partial charge in [0.2, 0.25) is 0 Å². The maximum Gasteiger partial charge on any atom is 0.150 e. The van der Waals surface area contributed by atoms with E-state index in [4.69, 9.17) is 11.5 Å². The van der Waals surface area contributed by atoms with Crippen molar-refractivity contribution >= 4 is 23.3 Å². The van der Waals surface area contributed by atoms with Crippen molar-refractivity contribution in [1.29, 1.82) is 0 Å². The smallest absolute Gasteiger partial charge is 0.150 e. The van der Waals surface area contributed by atoms with Crippen molar-refractivity contribution in [3.05, 3.63) is 35.4 Å². The Kier molecular flexibility index (Phi) is 4.58. The van der Waals surface area contributed by atoms with Crippen molar-refractivity contribution in [2.45, 2.75) is 30.7 Å². The summed E-state index contributed by atoms with van der Waals surface area (Å²) in [5.41, 5.74) is 14.5. The van der Waals surface area contributed by atoms with Crippen LogP contribution in [0.25, 0.3) is 0 Å². The van der Waals surface area contributed by atoms with E-state index < -0.39 is 0 Å². The Hall–Kier alpha value is -2.13. The number of aromatic nitrogens is 4. The van der Waals surface area contributed by atoms with E-state index >= 15 is 0 Å². The molecule has 0 radical (unpaired) electrons.